The highest BCUT2D eigenvalue weighted by atomic mass is 79.9. The molecule has 0 unspecified atom stereocenters. The zero-order chi connectivity index (χ0) is 17.9. The van der Waals surface area contributed by atoms with E-state index < -0.39 is 12.6 Å². The van der Waals surface area contributed by atoms with Gasteiger partial charge in [0.15, 0.2) is 5.69 Å². The van der Waals surface area contributed by atoms with E-state index >= 15 is 0 Å². The van der Waals surface area contributed by atoms with Crippen molar-refractivity contribution < 1.29 is 23.0 Å². The summed E-state index contributed by atoms with van der Waals surface area (Å²) in [5.74, 6) is -0.754. The molecule has 9 heteroatoms. The van der Waals surface area contributed by atoms with Crippen LogP contribution >= 0.6 is 27.5 Å². The van der Waals surface area contributed by atoms with Gasteiger partial charge in [-0.05, 0) is 32.0 Å². The SMILES string of the molecule is CCOC(=O)c1nn(CC)c(-c2ccc(Br)cc2OC(F)F)c1Cl. The molecule has 24 heavy (non-hydrogen) atoms. The number of alkyl halides is 2. The van der Waals surface area contributed by atoms with E-state index in [1.54, 1.807) is 26.0 Å². The van der Waals surface area contributed by atoms with Gasteiger partial charge in [0.05, 0.1) is 12.3 Å². The Morgan fingerprint density at radius 2 is 2.12 bits per heavy atom. The molecule has 0 amide bonds. The van der Waals surface area contributed by atoms with Crippen LogP contribution in [0.25, 0.3) is 11.3 Å². The van der Waals surface area contributed by atoms with Crippen molar-refractivity contribution in [3.63, 3.8) is 0 Å². The lowest BCUT2D eigenvalue weighted by Gasteiger charge is -2.12. The average Bonchev–Trinajstić information content (AvgIpc) is 2.84. The Hall–Kier alpha value is -1.67. The number of esters is 1. The van der Waals surface area contributed by atoms with Gasteiger partial charge in [0, 0.05) is 16.6 Å². The minimum atomic E-state index is -3.00. The first-order valence-corrected chi connectivity index (χ1v) is 8.24. The molecule has 130 valence electrons. The van der Waals surface area contributed by atoms with Gasteiger partial charge in [-0.2, -0.15) is 13.9 Å². The first kappa shape index (κ1) is 18.7. The first-order valence-electron chi connectivity index (χ1n) is 7.07. The highest BCUT2D eigenvalue weighted by Crippen LogP contribution is 2.39. The predicted molar refractivity (Wildman–Crippen MR) is 88.6 cm³/mol. The molecule has 0 fully saturated rings. The number of ether oxygens (including phenoxy) is 2. The van der Waals surface area contributed by atoms with E-state index in [0.717, 1.165) is 0 Å². The zero-order valence-corrected chi connectivity index (χ0v) is 15.2. The van der Waals surface area contributed by atoms with Crippen molar-refractivity contribution in [2.45, 2.75) is 27.0 Å². The lowest BCUT2D eigenvalue weighted by Crippen LogP contribution is -2.07. The second-order valence-electron chi connectivity index (χ2n) is 4.57. The monoisotopic (exact) mass is 422 g/mol. The molecular formula is C15H14BrClF2N2O3. The van der Waals surface area contributed by atoms with Crippen molar-refractivity contribution in [1.82, 2.24) is 9.78 Å². The van der Waals surface area contributed by atoms with Gasteiger partial charge in [0.2, 0.25) is 0 Å². The lowest BCUT2D eigenvalue weighted by molar-refractivity contribution is -0.0495. The van der Waals surface area contributed by atoms with E-state index in [1.165, 1.54) is 10.7 Å². The fourth-order valence-electron chi connectivity index (χ4n) is 2.14. The normalized spacial score (nSPS) is 11.0. The molecular weight excluding hydrogens is 410 g/mol. The zero-order valence-electron chi connectivity index (χ0n) is 12.9. The smallest absolute Gasteiger partial charge is 0.387 e. The van der Waals surface area contributed by atoms with E-state index in [9.17, 15) is 13.6 Å². The molecule has 0 N–H and O–H groups in total. The maximum absolute atomic E-state index is 12.7. The summed E-state index contributed by atoms with van der Waals surface area (Å²) >= 11 is 9.49. The first-order chi connectivity index (χ1) is 11.4. The highest BCUT2D eigenvalue weighted by molar-refractivity contribution is 9.10. The molecule has 0 atom stereocenters. The number of aromatic nitrogens is 2. The quantitative estimate of drug-likeness (QED) is 0.628. The number of hydrogen-bond donors (Lipinski definition) is 0. The van der Waals surface area contributed by atoms with Crippen LogP contribution in [0.5, 0.6) is 5.75 Å². The van der Waals surface area contributed by atoms with Crippen LogP contribution in [0, 0.1) is 0 Å². The number of aryl methyl sites for hydroxylation is 1. The summed E-state index contributed by atoms with van der Waals surface area (Å²) in [7, 11) is 0. The maximum Gasteiger partial charge on any atom is 0.387 e. The molecule has 0 aliphatic heterocycles. The van der Waals surface area contributed by atoms with Crippen LogP contribution in [0.2, 0.25) is 5.02 Å². The van der Waals surface area contributed by atoms with Gasteiger partial charge in [-0.25, -0.2) is 4.79 Å². The topological polar surface area (TPSA) is 53.3 Å². The van der Waals surface area contributed by atoms with Crippen molar-refractivity contribution in [2.75, 3.05) is 6.61 Å². The molecule has 5 nitrogen and oxygen atoms in total. The van der Waals surface area contributed by atoms with Crippen LogP contribution < -0.4 is 4.74 Å². The van der Waals surface area contributed by atoms with Crippen LogP contribution in [0.1, 0.15) is 24.3 Å². The fraction of sp³-hybridized carbons (Fsp3) is 0.333. The molecule has 0 spiro atoms. The number of nitrogens with zero attached hydrogens (tertiary/aromatic N) is 2. The third kappa shape index (κ3) is 3.87. The molecule has 0 radical (unpaired) electrons. The lowest BCUT2D eigenvalue weighted by atomic mass is 10.1. The summed E-state index contributed by atoms with van der Waals surface area (Å²) in [6.45, 7) is 0.987. The predicted octanol–water partition coefficient (Wildman–Crippen LogP) is 4.76. The maximum atomic E-state index is 12.7. The van der Waals surface area contributed by atoms with Crippen LogP contribution in [-0.2, 0) is 11.3 Å². The summed E-state index contributed by atoms with van der Waals surface area (Å²) in [4.78, 5) is 12.0. The van der Waals surface area contributed by atoms with Gasteiger partial charge >= 0.3 is 12.6 Å². The molecule has 2 rings (SSSR count). The van der Waals surface area contributed by atoms with Gasteiger partial charge in [0.1, 0.15) is 10.8 Å². The summed E-state index contributed by atoms with van der Waals surface area (Å²) in [6, 6.07) is 4.61. The van der Waals surface area contributed by atoms with Crippen molar-refractivity contribution >= 4 is 33.5 Å². The molecule has 0 bridgehead atoms. The minimum absolute atomic E-state index is 0.0248. The standard InChI is InChI=1S/C15H14BrClF2N2O3/c1-3-21-13(11(17)12(20-21)14(22)23-4-2)9-6-5-8(16)7-10(9)24-15(18)19/h5-7,15H,3-4H2,1-2H3. The Kier molecular flexibility index (Phi) is 6.17. The van der Waals surface area contributed by atoms with E-state index in [-0.39, 0.29) is 23.1 Å². The van der Waals surface area contributed by atoms with Crippen LogP contribution in [0.3, 0.4) is 0 Å². The van der Waals surface area contributed by atoms with E-state index in [2.05, 4.69) is 25.8 Å². The molecule has 1 heterocycles. The number of benzene rings is 1. The Bertz CT molecular complexity index is 753. The molecule has 0 aliphatic carbocycles. The Morgan fingerprint density at radius 3 is 2.71 bits per heavy atom. The van der Waals surface area contributed by atoms with Gasteiger partial charge < -0.3 is 9.47 Å². The number of carbonyl (C=O) groups is 1. The fourth-order valence-corrected chi connectivity index (χ4v) is 2.80. The number of halogens is 4. The van der Waals surface area contributed by atoms with Crippen LogP contribution in [0.15, 0.2) is 22.7 Å². The van der Waals surface area contributed by atoms with Gasteiger partial charge in [-0.3, -0.25) is 4.68 Å². The van der Waals surface area contributed by atoms with Crippen molar-refractivity contribution in [3.8, 4) is 17.0 Å². The summed E-state index contributed by atoms with van der Waals surface area (Å²) in [6.07, 6.45) is 0. The summed E-state index contributed by atoms with van der Waals surface area (Å²) < 4.78 is 36.9. The number of hydrogen-bond acceptors (Lipinski definition) is 4. The van der Waals surface area contributed by atoms with Crippen molar-refractivity contribution in [2.24, 2.45) is 0 Å². The van der Waals surface area contributed by atoms with E-state index in [4.69, 9.17) is 16.3 Å². The van der Waals surface area contributed by atoms with Crippen molar-refractivity contribution in [1.29, 1.82) is 0 Å². The molecule has 1 aromatic heterocycles. The van der Waals surface area contributed by atoms with Crippen LogP contribution in [0.4, 0.5) is 8.78 Å². The molecule has 0 saturated carbocycles. The van der Waals surface area contributed by atoms with Crippen molar-refractivity contribution in [3.05, 3.63) is 33.4 Å². The third-order valence-corrected chi connectivity index (χ3v) is 3.93. The third-order valence-electron chi connectivity index (χ3n) is 3.08. The van der Waals surface area contributed by atoms with Gasteiger partial charge in [0.25, 0.3) is 0 Å². The highest BCUT2D eigenvalue weighted by Gasteiger charge is 2.26. The van der Waals surface area contributed by atoms with E-state index in [0.29, 0.717) is 22.3 Å². The second-order valence-corrected chi connectivity index (χ2v) is 5.86. The Balaban J connectivity index is 2.62. The van der Waals surface area contributed by atoms with E-state index in [1.807, 2.05) is 0 Å². The second kappa shape index (κ2) is 7.94. The molecule has 2 aromatic rings. The summed E-state index contributed by atoms with van der Waals surface area (Å²) in [5.41, 5.74) is 0.542. The van der Waals surface area contributed by atoms with Crippen LogP contribution in [-0.4, -0.2) is 29.0 Å². The number of carbonyl (C=O) groups excluding carboxylic acids is 1. The number of rotatable bonds is 6. The van der Waals surface area contributed by atoms with Gasteiger partial charge in [-0.15, -0.1) is 0 Å². The molecule has 0 aliphatic rings. The molecule has 1 aromatic carbocycles. The minimum Gasteiger partial charge on any atom is -0.461 e. The molecule has 0 saturated heterocycles. The Morgan fingerprint density at radius 1 is 1.42 bits per heavy atom. The van der Waals surface area contributed by atoms with Gasteiger partial charge in [-0.1, -0.05) is 27.5 Å². The summed E-state index contributed by atoms with van der Waals surface area (Å²) in [5, 5.41) is 4.15. The largest absolute Gasteiger partial charge is 0.461 e. The average molecular weight is 424 g/mol. The Labute approximate surface area is 150 Å².